The average Bonchev–Trinajstić information content (AvgIpc) is 2.81. The lowest BCUT2D eigenvalue weighted by Crippen LogP contribution is -2.04. The van der Waals surface area contributed by atoms with E-state index in [1.807, 2.05) is 0 Å². The van der Waals surface area contributed by atoms with Gasteiger partial charge >= 0.3 is 0 Å². The summed E-state index contributed by atoms with van der Waals surface area (Å²) < 4.78 is 0. The van der Waals surface area contributed by atoms with Crippen LogP contribution in [0.25, 0.3) is 0 Å². The Labute approximate surface area is 82.1 Å². The van der Waals surface area contributed by atoms with Gasteiger partial charge in [-0.25, -0.2) is 0 Å². The van der Waals surface area contributed by atoms with Crippen LogP contribution in [-0.2, 0) is 5.41 Å². The summed E-state index contributed by atoms with van der Waals surface area (Å²) in [6.45, 7) is 2.36. The number of alkyl halides is 1. The van der Waals surface area contributed by atoms with Crippen molar-refractivity contribution in [3.63, 3.8) is 0 Å². The highest BCUT2D eigenvalue weighted by Crippen LogP contribution is 2.54. The van der Waals surface area contributed by atoms with Gasteiger partial charge in [-0.05, 0) is 23.3 Å². The van der Waals surface area contributed by atoms with E-state index in [0.717, 1.165) is 11.2 Å². The summed E-state index contributed by atoms with van der Waals surface area (Å²) in [5.74, 6) is 0.847. The van der Waals surface area contributed by atoms with Crippen molar-refractivity contribution in [2.24, 2.45) is 5.92 Å². The molecule has 2 atom stereocenters. The first-order valence-corrected chi connectivity index (χ1v) is 5.51. The smallest absolute Gasteiger partial charge is 0.00684 e. The van der Waals surface area contributed by atoms with E-state index in [-0.39, 0.29) is 0 Å². The average molecular weight is 225 g/mol. The van der Waals surface area contributed by atoms with Crippen LogP contribution in [0.5, 0.6) is 0 Å². The molecule has 2 unspecified atom stereocenters. The molecule has 0 saturated heterocycles. The highest BCUT2D eigenvalue weighted by atomic mass is 79.9. The number of rotatable bonds is 2. The van der Waals surface area contributed by atoms with Gasteiger partial charge in [0.2, 0.25) is 0 Å². The van der Waals surface area contributed by atoms with Crippen LogP contribution < -0.4 is 0 Å². The van der Waals surface area contributed by atoms with Gasteiger partial charge in [-0.2, -0.15) is 0 Å². The molecule has 1 saturated carbocycles. The minimum atomic E-state index is 0.463. The quantitative estimate of drug-likeness (QED) is 0.677. The number of hydrogen-bond acceptors (Lipinski definition) is 0. The van der Waals surface area contributed by atoms with E-state index in [0.29, 0.717) is 5.41 Å². The van der Waals surface area contributed by atoms with Gasteiger partial charge in [0.25, 0.3) is 0 Å². The van der Waals surface area contributed by atoms with Crippen molar-refractivity contribution in [2.75, 3.05) is 5.33 Å². The van der Waals surface area contributed by atoms with Gasteiger partial charge in [-0.3, -0.25) is 0 Å². The maximum atomic E-state index is 3.55. The molecule has 0 bridgehead atoms. The lowest BCUT2D eigenvalue weighted by Gasteiger charge is -2.09. The third kappa shape index (κ3) is 1.20. The maximum Gasteiger partial charge on any atom is 0.00684 e. The second kappa shape index (κ2) is 2.88. The van der Waals surface area contributed by atoms with Crippen molar-refractivity contribution in [3.8, 4) is 0 Å². The van der Waals surface area contributed by atoms with Crippen molar-refractivity contribution >= 4 is 15.9 Å². The Morgan fingerprint density at radius 3 is 2.58 bits per heavy atom. The molecule has 0 nitrogen and oxygen atoms in total. The molecule has 1 heteroatoms. The molecule has 0 N–H and O–H groups in total. The van der Waals surface area contributed by atoms with Crippen LogP contribution in [0.1, 0.15) is 18.9 Å². The normalized spacial score (nSPS) is 33.3. The summed E-state index contributed by atoms with van der Waals surface area (Å²) in [6, 6.07) is 10.8. The largest absolute Gasteiger partial charge is 0.0925 e. The zero-order valence-electron chi connectivity index (χ0n) is 7.26. The van der Waals surface area contributed by atoms with Crippen LogP contribution in [0.2, 0.25) is 0 Å². The molecular formula is C11H13Br. The van der Waals surface area contributed by atoms with Gasteiger partial charge < -0.3 is 0 Å². The molecular weight excluding hydrogens is 212 g/mol. The summed E-state index contributed by atoms with van der Waals surface area (Å²) in [5, 5.41) is 1.14. The predicted octanol–water partition coefficient (Wildman–Crippen LogP) is 3.36. The van der Waals surface area contributed by atoms with Crippen LogP contribution in [-0.4, -0.2) is 5.33 Å². The second-order valence-electron chi connectivity index (χ2n) is 3.84. The minimum Gasteiger partial charge on any atom is -0.0925 e. The molecule has 12 heavy (non-hydrogen) atoms. The Bertz CT molecular complexity index is 268. The summed E-state index contributed by atoms with van der Waals surface area (Å²) in [4.78, 5) is 0. The second-order valence-corrected chi connectivity index (χ2v) is 4.49. The zero-order chi connectivity index (χ0) is 8.60. The molecule has 2 rings (SSSR count). The standard InChI is InChI=1S/C11H13Br/c1-11(7-10(11)8-12)9-5-3-2-4-6-9/h2-6,10H,7-8H2,1H3. The van der Waals surface area contributed by atoms with E-state index >= 15 is 0 Å². The monoisotopic (exact) mass is 224 g/mol. The molecule has 0 aliphatic heterocycles. The molecule has 0 amide bonds. The van der Waals surface area contributed by atoms with E-state index in [2.05, 4.69) is 53.2 Å². The molecule has 64 valence electrons. The van der Waals surface area contributed by atoms with Crippen molar-refractivity contribution in [1.29, 1.82) is 0 Å². The molecule has 1 aromatic rings. The number of hydrogen-bond donors (Lipinski definition) is 0. The van der Waals surface area contributed by atoms with Crippen LogP contribution in [0.3, 0.4) is 0 Å². The lowest BCUT2D eigenvalue weighted by atomic mass is 9.96. The van der Waals surface area contributed by atoms with E-state index in [1.165, 1.54) is 12.0 Å². The van der Waals surface area contributed by atoms with Gasteiger partial charge in [-0.15, -0.1) is 0 Å². The molecule has 1 aliphatic rings. The maximum absolute atomic E-state index is 3.55. The van der Waals surface area contributed by atoms with E-state index < -0.39 is 0 Å². The van der Waals surface area contributed by atoms with Gasteiger partial charge in [0.15, 0.2) is 0 Å². The molecule has 1 fully saturated rings. The first-order chi connectivity index (χ1) is 5.77. The Morgan fingerprint density at radius 1 is 1.42 bits per heavy atom. The summed E-state index contributed by atoms with van der Waals surface area (Å²) in [7, 11) is 0. The molecule has 1 aromatic carbocycles. The summed E-state index contributed by atoms with van der Waals surface area (Å²) >= 11 is 3.55. The van der Waals surface area contributed by atoms with Gasteiger partial charge in [0, 0.05) is 5.33 Å². The molecule has 0 heterocycles. The van der Waals surface area contributed by atoms with Crippen LogP contribution in [0.15, 0.2) is 30.3 Å². The molecule has 1 aliphatic carbocycles. The van der Waals surface area contributed by atoms with Crippen molar-refractivity contribution in [3.05, 3.63) is 35.9 Å². The zero-order valence-corrected chi connectivity index (χ0v) is 8.84. The predicted molar refractivity (Wildman–Crippen MR) is 55.7 cm³/mol. The topological polar surface area (TPSA) is 0 Å². The van der Waals surface area contributed by atoms with E-state index in [1.54, 1.807) is 0 Å². The first-order valence-electron chi connectivity index (χ1n) is 4.39. The highest BCUT2D eigenvalue weighted by molar-refractivity contribution is 9.09. The van der Waals surface area contributed by atoms with Gasteiger partial charge in [-0.1, -0.05) is 53.2 Å². The lowest BCUT2D eigenvalue weighted by molar-refractivity contribution is 0.710. The SMILES string of the molecule is CC1(c2ccccc2)CC1CBr. The number of benzene rings is 1. The fourth-order valence-electron chi connectivity index (χ4n) is 1.85. The van der Waals surface area contributed by atoms with Crippen molar-refractivity contribution < 1.29 is 0 Å². The Hall–Kier alpha value is -0.300. The van der Waals surface area contributed by atoms with E-state index in [9.17, 15) is 0 Å². The Kier molecular flexibility index (Phi) is 1.99. The Morgan fingerprint density at radius 2 is 2.08 bits per heavy atom. The first kappa shape index (κ1) is 8.31. The summed E-state index contributed by atoms with van der Waals surface area (Å²) in [6.07, 6.45) is 1.34. The third-order valence-electron chi connectivity index (χ3n) is 3.03. The van der Waals surface area contributed by atoms with Gasteiger partial charge in [0.1, 0.15) is 0 Å². The van der Waals surface area contributed by atoms with Crippen LogP contribution >= 0.6 is 15.9 Å². The number of halogens is 1. The fraction of sp³-hybridized carbons (Fsp3) is 0.455. The minimum absolute atomic E-state index is 0.463. The van der Waals surface area contributed by atoms with Crippen molar-refractivity contribution in [2.45, 2.75) is 18.8 Å². The van der Waals surface area contributed by atoms with Crippen molar-refractivity contribution in [1.82, 2.24) is 0 Å². The molecule has 0 spiro atoms. The van der Waals surface area contributed by atoms with E-state index in [4.69, 9.17) is 0 Å². The van der Waals surface area contributed by atoms with Crippen LogP contribution in [0.4, 0.5) is 0 Å². The molecule has 0 aromatic heterocycles. The fourth-order valence-corrected chi connectivity index (χ4v) is 2.79. The molecule has 0 radical (unpaired) electrons. The van der Waals surface area contributed by atoms with Crippen LogP contribution in [0, 0.1) is 5.92 Å². The third-order valence-corrected chi connectivity index (χ3v) is 3.81. The summed E-state index contributed by atoms with van der Waals surface area (Å²) in [5.41, 5.74) is 1.96. The highest BCUT2D eigenvalue weighted by Gasteiger charge is 2.49. The Balaban J connectivity index is 2.23. The van der Waals surface area contributed by atoms with Gasteiger partial charge in [0.05, 0.1) is 0 Å².